The van der Waals surface area contributed by atoms with Crippen molar-refractivity contribution in [1.29, 1.82) is 5.26 Å². The van der Waals surface area contributed by atoms with Crippen LogP contribution in [0.5, 0.6) is 0 Å². The average Bonchev–Trinajstić information content (AvgIpc) is 2.85. The van der Waals surface area contributed by atoms with Crippen LogP contribution in [0.25, 0.3) is 5.65 Å². The van der Waals surface area contributed by atoms with E-state index in [2.05, 4.69) is 21.1 Å². The van der Waals surface area contributed by atoms with Gasteiger partial charge in [0, 0.05) is 25.4 Å². The largest absolute Gasteiger partial charge is 0.297 e. The minimum atomic E-state index is -0.152. The first kappa shape index (κ1) is 15.4. The maximum Gasteiger partial charge on any atom is 0.272 e. The summed E-state index contributed by atoms with van der Waals surface area (Å²) in [6.07, 6.45) is 9.65. The van der Waals surface area contributed by atoms with Crippen molar-refractivity contribution in [3.8, 4) is 6.07 Å². The van der Waals surface area contributed by atoms with E-state index in [1.165, 1.54) is 49.2 Å². The topological polar surface area (TPSA) is 77.2 Å². The lowest BCUT2D eigenvalue weighted by molar-refractivity contribution is 0.107. The molecule has 2 aromatic rings. The third kappa shape index (κ3) is 2.84. The number of piperidine rings is 1. The summed E-state index contributed by atoms with van der Waals surface area (Å²) in [5.74, 6) is 1.69. The van der Waals surface area contributed by atoms with Crippen LogP contribution in [0.4, 0.5) is 0 Å². The molecule has 2 aliphatic rings. The maximum atomic E-state index is 12.2. The van der Waals surface area contributed by atoms with Crippen molar-refractivity contribution in [2.24, 2.45) is 11.8 Å². The molecule has 2 fully saturated rings. The van der Waals surface area contributed by atoms with Crippen LogP contribution in [-0.4, -0.2) is 32.6 Å². The van der Waals surface area contributed by atoms with Gasteiger partial charge in [-0.3, -0.25) is 14.8 Å². The van der Waals surface area contributed by atoms with Crippen LogP contribution in [0.3, 0.4) is 0 Å². The highest BCUT2D eigenvalue weighted by Crippen LogP contribution is 2.35. The first-order valence-electron chi connectivity index (χ1n) is 8.97. The van der Waals surface area contributed by atoms with E-state index >= 15 is 0 Å². The Bertz CT molecular complexity index is 830. The van der Waals surface area contributed by atoms with Crippen molar-refractivity contribution in [2.45, 2.75) is 45.1 Å². The van der Waals surface area contributed by atoms with Crippen molar-refractivity contribution in [3.63, 3.8) is 0 Å². The quantitative estimate of drug-likeness (QED) is 0.919. The molecule has 6 nitrogen and oxygen atoms in total. The third-order valence-electron chi connectivity index (χ3n) is 5.68. The van der Waals surface area contributed by atoms with Crippen molar-refractivity contribution in [1.82, 2.24) is 19.5 Å². The van der Waals surface area contributed by atoms with E-state index in [0.29, 0.717) is 17.8 Å². The number of aromatic amines is 1. The predicted molar refractivity (Wildman–Crippen MR) is 90.5 cm³/mol. The molecule has 6 heteroatoms. The zero-order chi connectivity index (χ0) is 16.5. The van der Waals surface area contributed by atoms with E-state index < -0.39 is 0 Å². The van der Waals surface area contributed by atoms with E-state index in [9.17, 15) is 4.79 Å². The van der Waals surface area contributed by atoms with Crippen LogP contribution in [0.1, 0.15) is 49.8 Å². The second-order valence-electron chi connectivity index (χ2n) is 7.23. The van der Waals surface area contributed by atoms with Crippen molar-refractivity contribution in [2.75, 3.05) is 13.1 Å². The van der Waals surface area contributed by atoms with Gasteiger partial charge in [-0.2, -0.15) is 5.26 Å². The molecule has 0 aromatic carbocycles. The molecule has 1 N–H and O–H groups in total. The minimum absolute atomic E-state index is 0.152. The molecule has 24 heavy (non-hydrogen) atoms. The molecule has 0 spiro atoms. The molecule has 1 saturated carbocycles. The summed E-state index contributed by atoms with van der Waals surface area (Å²) in [6, 6.07) is 3.67. The van der Waals surface area contributed by atoms with Crippen molar-refractivity contribution < 1.29 is 0 Å². The van der Waals surface area contributed by atoms with E-state index in [1.54, 1.807) is 6.07 Å². The lowest BCUT2D eigenvalue weighted by Crippen LogP contribution is -2.40. The number of nitriles is 1. The second kappa shape index (κ2) is 6.40. The van der Waals surface area contributed by atoms with Gasteiger partial charge in [-0.15, -0.1) is 0 Å². The van der Waals surface area contributed by atoms with Crippen molar-refractivity contribution in [3.05, 3.63) is 33.9 Å². The highest BCUT2D eigenvalue weighted by atomic mass is 16.1. The summed E-state index contributed by atoms with van der Waals surface area (Å²) in [7, 11) is 0. The summed E-state index contributed by atoms with van der Waals surface area (Å²) in [4.78, 5) is 19.2. The van der Waals surface area contributed by atoms with Crippen LogP contribution >= 0.6 is 0 Å². The van der Waals surface area contributed by atoms with Gasteiger partial charge in [-0.1, -0.05) is 25.7 Å². The van der Waals surface area contributed by atoms with Gasteiger partial charge >= 0.3 is 0 Å². The fraction of sp³-hybridized carbons (Fsp3) is 0.611. The molecule has 1 aliphatic carbocycles. The molecule has 126 valence electrons. The Balaban J connectivity index is 1.54. The van der Waals surface area contributed by atoms with Crippen LogP contribution in [-0.2, 0) is 6.54 Å². The highest BCUT2D eigenvalue weighted by molar-refractivity contribution is 5.53. The minimum Gasteiger partial charge on any atom is -0.297 e. The van der Waals surface area contributed by atoms with Gasteiger partial charge in [0.2, 0.25) is 0 Å². The molecule has 1 aliphatic heterocycles. The Kier molecular flexibility index (Phi) is 4.11. The Morgan fingerprint density at radius 2 is 2.08 bits per heavy atom. The van der Waals surface area contributed by atoms with Gasteiger partial charge < -0.3 is 0 Å². The molecule has 3 heterocycles. The van der Waals surface area contributed by atoms with Crippen LogP contribution < -0.4 is 5.56 Å². The number of fused-ring (bicyclic) bond motifs is 2. The maximum absolute atomic E-state index is 12.2. The Morgan fingerprint density at radius 1 is 1.25 bits per heavy atom. The number of nitrogens with one attached hydrogen (secondary N) is 1. The summed E-state index contributed by atoms with van der Waals surface area (Å²) in [5.41, 5.74) is 1.46. The fourth-order valence-electron chi connectivity index (χ4n) is 4.42. The van der Waals surface area contributed by atoms with E-state index in [-0.39, 0.29) is 5.56 Å². The first-order valence-corrected chi connectivity index (χ1v) is 8.97. The summed E-state index contributed by atoms with van der Waals surface area (Å²) >= 11 is 0. The van der Waals surface area contributed by atoms with E-state index in [0.717, 1.165) is 30.6 Å². The molecule has 2 aromatic heterocycles. The Morgan fingerprint density at radius 3 is 2.92 bits per heavy atom. The molecule has 2 atom stereocenters. The van der Waals surface area contributed by atoms with E-state index in [1.807, 2.05) is 0 Å². The van der Waals surface area contributed by atoms with Gasteiger partial charge in [0.1, 0.15) is 11.6 Å². The molecular formula is C18H23N5O. The number of likely N-dealkylation sites (tertiary alicyclic amines) is 1. The number of hydrogen-bond acceptors (Lipinski definition) is 4. The van der Waals surface area contributed by atoms with Crippen LogP contribution in [0.15, 0.2) is 17.1 Å². The van der Waals surface area contributed by atoms with Gasteiger partial charge in [-0.05, 0) is 31.2 Å². The average molecular weight is 325 g/mol. The molecular weight excluding hydrogens is 302 g/mol. The number of hydrogen-bond donors (Lipinski definition) is 1. The summed E-state index contributed by atoms with van der Waals surface area (Å²) < 4.78 is 1.33. The summed E-state index contributed by atoms with van der Waals surface area (Å²) in [6.45, 7) is 2.90. The van der Waals surface area contributed by atoms with Gasteiger partial charge in [0.15, 0.2) is 5.65 Å². The van der Waals surface area contributed by atoms with Crippen LogP contribution in [0.2, 0.25) is 0 Å². The van der Waals surface area contributed by atoms with Gasteiger partial charge in [-0.25, -0.2) is 9.50 Å². The van der Waals surface area contributed by atoms with Crippen molar-refractivity contribution >= 4 is 5.65 Å². The standard InChI is InChI=1S/C18H23N5O/c19-9-15-10-20-23-17(24)8-16(21-18(15)23)12-22-7-6-13-4-2-1-3-5-14(13)11-22/h8,10,13-14,20H,1-7,11-12H2. The van der Waals surface area contributed by atoms with Gasteiger partial charge in [0.05, 0.1) is 5.69 Å². The second-order valence-corrected chi connectivity index (χ2v) is 7.23. The first-order chi connectivity index (χ1) is 11.7. The molecule has 2 unspecified atom stereocenters. The molecule has 0 radical (unpaired) electrons. The lowest BCUT2D eigenvalue weighted by Gasteiger charge is -2.37. The van der Waals surface area contributed by atoms with E-state index in [4.69, 9.17) is 5.26 Å². The zero-order valence-electron chi connectivity index (χ0n) is 13.9. The number of aromatic nitrogens is 3. The molecule has 0 bridgehead atoms. The SMILES string of the molecule is N#Cc1c[nH]n2c(=O)cc(CN3CCC4CCCCCC4C3)nc12. The fourth-order valence-corrected chi connectivity index (χ4v) is 4.42. The molecule has 1 saturated heterocycles. The Labute approximate surface area is 141 Å². The Hall–Kier alpha value is -2.13. The zero-order valence-corrected chi connectivity index (χ0v) is 13.9. The summed E-state index contributed by atoms with van der Waals surface area (Å²) in [5, 5.41) is 11.9. The number of H-pyrrole nitrogens is 1. The number of rotatable bonds is 2. The van der Waals surface area contributed by atoms with Gasteiger partial charge in [0.25, 0.3) is 5.56 Å². The third-order valence-corrected chi connectivity index (χ3v) is 5.68. The van der Waals surface area contributed by atoms with Crippen LogP contribution in [0, 0.1) is 23.2 Å². The number of nitrogens with zero attached hydrogens (tertiary/aromatic N) is 4. The molecule has 4 rings (SSSR count). The highest BCUT2D eigenvalue weighted by Gasteiger charge is 2.30. The molecule has 0 amide bonds. The lowest BCUT2D eigenvalue weighted by atomic mass is 9.82. The monoisotopic (exact) mass is 325 g/mol. The predicted octanol–water partition coefficient (Wildman–Crippen LogP) is 2.30. The normalized spacial score (nSPS) is 25.1. The smallest absolute Gasteiger partial charge is 0.272 e.